The number of halogens is 1. The summed E-state index contributed by atoms with van der Waals surface area (Å²) in [6.07, 6.45) is 0. The number of nitrogens with zero attached hydrogens (tertiary/aromatic N) is 1. The SMILES string of the molecule is Cc1cccc(C)c1[N+](C)(C)C.[F-]. The van der Waals surface area contributed by atoms with Crippen LogP contribution in [0.4, 0.5) is 5.69 Å². The lowest BCUT2D eigenvalue weighted by molar-refractivity contribution is -0.00000297. The van der Waals surface area contributed by atoms with Crippen molar-refractivity contribution in [1.82, 2.24) is 4.48 Å². The van der Waals surface area contributed by atoms with Gasteiger partial charge >= 0.3 is 0 Å². The molecule has 0 atom stereocenters. The molecule has 1 aromatic rings. The van der Waals surface area contributed by atoms with Crippen LogP contribution < -0.4 is 9.19 Å². The van der Waals surface area contributed by atoms with Crippen molar-refractivity contribution in [3.8, 4) is 0 Å². The molecule has 1 rings (SSSR count). The smallest absolute Gasteiger partial charge is 0.138 e. The second kappa shape index (κ2) is 3.88. The summed E-state index contributed by atoms with van der Waals surface area (Å²) < 4.78 is 0.901. The van der Waals surface area contributed by atoms with Gasteiger partial charge in [-0.2, -0.15) is 0 Å². The fourth-order valence-corrected chi connectivity index (χ4v) is 1.86. The van der Waals surface area contributed by atoms with E-state index in [-0.39, 0.29) is 4.70 Å². The first-order chi connectivity index (χ1) is 5.43. The van der Waals surface area contributed by atoms with Gasteiger partial charge < -0.3 is 4.70 Å². The number of hydrogen-bond donors (Lipinski definition) is 0. The van der Waals surface area contributed by atoms with Gasteiger partial charge in [-0.15, -0.1) is 0 Å². The Morgan fingerprint density at radius 2 is 1.31 bits per heavy atom. The number of rotatable bonds is 1. The molecule has 0 aliphatic carbocycles. The molecule has 0 unspecified atom stereocenters. The van der Waals surface area contributed by atoms with Crippen molar-refractivity contribution < 1.29 is 4.70 Å². The summed E-state index contributed by atoms with van der Waals surface area (Å²) in [5.74, 6) is 0. The first-order valence-corrected chi connectivity index (χ1v) is 4.31. The molecule has 13 heavy (non-hydrogen) atoms. The second-order valence-electron chi connectivity index (χ2n) is 4.25. The largest absolute Gasteiger partial charge is 1.00 e. The van der Waals surface area contributed by atoms with Crippen LogP contribution in [0, 0.1) is 13.8 Å². The van der Waals surface area contributed by atoms with Gasteiger partial charge in [0.2, 0.25) is 0 Å². The van der Waals surface area contributed by atoms with Crippen LogP contribution in [0.1, 0.15) is 11.1 Å². The van der Waals surface area contributed by atoms with E-state index in [0.717, 1.165) is 4.48 Å². The van der Waals surface area contributed by atoms with Gasteiger partial charge in [-0.1, -0.05) is 18.2 Å². The zero-order valence-electron chi connectivity index (χ0n) is 9.06. The maximum absolute atomic E-state index is 2.20. The number of aryl methyl sites for hydroxylation is 2. The fraction of sp³-hybridized carbons (Fsp3) is 0.455. The first kappa shape index (κ1) is 12.1. The molecule has 0 aliphatic heterocycles. The van der Waals surface area contributed by atoms with E-state index in [0.29, 0.717) is 0 Å². The Kier molecular flexibility index (Phi) is 3.61. The van der Waals surface area contributed by atoms with Crippen molar-refractivity contribution in [3.63, 3.8) is 0 Å². The molecule has 0 aromatic heterocycles. The third kappa shape index (κ3) is 2.52. The first-order valence-electron chi connectivity index (χ1n) is 4.31. The average Bonchev–Trinajstić information content (AvgIpc) is 1.82. The minimum atomic E-state index is 0. The number of benzene rings is 1. The quantitative estimate of drug-likeness (QED) is 0.515. The standard InChI is InChI=1S/C11H18N.FH/c1-9-7-6-8-10(2)11(9)12(3,4)5;/h6-8H,1-5H3;1H/q+1;/p-1. The maximum atomic E-state index is 2.20. The molecule has 0 amide bonds. The van der Waals surface area contributed by atoms with E-state index in [4.69, 9.17) is 0 Å². The third-order valence-corrected chi connectivity index (χ3v) is 2.11. The lowest BCUT2D eigenvalue weighted by Crippen LogP contribution is -3.00. The van der Waals surface area contributed by atoms with Crippen LogP contribution >= 0.6 is 0 Å². The van der Waals surface area contributed by atoms with Crippen LogP contribution in [-0.2, 0) is 0 Å². The Bertz CT molecular complexity index is 266. The predicted molar refractivity (Wildman–Crippen MR) is 55.5 cm³/mol. The molecular weight excluding hydrogens is 165 g/mol. The summed E-state index contributed by atoms with van der Waals surface area (Å²) >= 11 is 0. The Labute approximate surface area is 80.0 Å². The Morgan fingerprint density at radius 1 is 0.923 bits per heavy atom. The number of hydrogen-bond acceptors (Lipinski definition) is 0. The summed E-state index contributed by atoms with van der Waals surface area (Å²) in [7, 11) is 6.61. The minimum absolute atomic E-state index is 0. The lowest BCUT2D eigenvalue weighted by Gasteiger charge is -2.26. The third-order valence-electron chi connectivity index (χ3n) is 2.11. The lowest BCUT2D eigenvalue weighted by atomic mass is 10.1. The molecule has 0 spiro atoms. The van der Waals surface area contributed by atoms with Gasteiger partial charge in [-0.05, 0) is 13.8 Å². The van der Waals surface area contributed by atoms with E-state index in [1.807, 2.05) is 0 Å². The Hall–Kier alpha value is -0.890. The maximum Gasteiger partial charge on any atom is 0.138 e. The van der Waals surface area contributed by atoms with Gasteiger partial charge in [0.05, 0.1) is 21.1 Å². The zero-order valence-corrected chi connectivity index (χ0v) is 9.06. The summed E-state index contributed by atoms with van der Waals surface area (Å²) in [5.41, 5.74) is 4.18. The van der Waals surface area contributed by atoms with Crippen molar-refractivity contribution in [2.45, 2.75) is 13.8 Å². The van der Waals surface area contributed by atoms with E-state index in [1.54, 1.807) is 0 Å². The van der Waals surface area contributed by atoms with Gasteiger partial charge in [-0.3, -0.25) is 4.48 Å². The van der Waals surface area contributed by atoms with Gasteiger partial charge in [0.15, 0.2) is 0 Å². The monoisotopic (exact) mass is 183 g/mol. The molecule has 1 nitrogen and oxygen atoms in total. The molecule has 0 heterocycles. The van der Waals surface area contributed by atoms with Gasteiger partial charge in [0.1, 0.15) is 5.69 Å². The highest BCUT2D eigenvalue weighted by Crippen LogP contribution is 2.25. The van der Waals surface area contributed by atoms with Crippen LogP contribution in [0.25, 0.3) is 0 Å². The Morgan fingerprint density at radius 3 is 1.54 bits per heavy atom. The number of para-hydroxylation sites is 1. The molecule has 74 valence electrons. The van der Waals surface area contributed by atoms with E-state index in [9.17, 15) is 0 Å². The topological polar surface area (TPSA) is 0 Å². The van der Waals surface area contributed by atoms with Crippen molar-refractivity contribution >= 4 is 5.69 Å². The molecule has 0 radical (unpaired) electrons. The van der Waals surface area contributed by atoms with E-state index < -0.39 is 0 Å². The fourth-order valence-electron chi connectivity index (χ4n) is 1.86. The van der Waals surface area contributed by atoms with Crippen molar-refractivity contribution in [2.24, 2.45) is 0 Å². The molecule has 0 bridgehead atoms. The highest BCUT2D eigenvalue weighted by Gasteiger charge is 2.17. The van der Waals surface area contributed by atoms with Crippen LogP contribution in [0.3, 0.4) is 0 Å². The predicted octanol–water partition coefficient (Wildman–Crippen LogP) is -0.496. The molecule has 0 saturated carbocycles. The highest BCUT2D eigenvalue weighted by atomic mass is 19.0. The minimum Gasteiger partial charge on any atom is -1.00 e. The average molecular weight is 183 g/mol. The Balaban J connectivity index is 0.00000144. The van der Waals surface area contributed by atoms with Crippen molar-refractivity contribution in [2.75, 3.05) is 21.1 Å². The summed E-state index contributed by atoms with van der Waals surface area (Å²) in [5, 5.41) is 0. The van der Waals surface area contributed by atoms with Crippen molar-refractivity contribution in [3.05, 3.63) is 29.3 Å². The molecule has 0 N–H and O–H groups in total. The van der Waals surface area contributed by atoms with Crippen LogP contribution in [0.2, 0.25) is 0 Å². The normalized spacial score (nSPS) is 10.8. The second-order valence-corrected chi connectivity index (χ2v) is 4.25. The van der Waals surface area contributed by atoms with E-state index >= 15 is 0 Å². The summed E-state index contributed by atoms with van der Waals surface area (Å²) in [6.45, 7) is 4.34. The highest BCUT2D eigenvalue weighted by molar-refractivity contribution is 5.54. The van der Waals surface area contributed by atoms with Crippen LogP contribution in [0.15, 0.2) is 18.2 Å². The molecule has 0 fully saturated rings. The summed E-state index contributed by atoms with van der Waals surface area (Å²) in [6, 6.07) is 6.46. The molecule has 1 aromatic carbocycles. The van der Waals surface area contributed by atoms with E-state index in [2.05, 4.69) is 53.2 Å². The van der Waals surface area contributed by atoms with Crippen LogP contribution in [-0.4, -0.2) is 21.1 Å². The van der Waals surface area contributed by atoms with Gasteiger partial charge in [0, 0.05) is 11.1 Å². The molecular formula is C11H18FN. The number of quaternary nitrogens is 1. The summed E-state index contributed by atoms with van der Waals surface area (Å²) in [4.78, 5) is 0. The van der Waals surface area contributed by atoms with Gasteiger partial charge in [0.25, 0.3) is 0 Å². The molecule has 2 heteroatoms. The molecule has 0 saturated heterocycles. The molecule has 0 aliphatic rings. The van der Waals surface area contributed by atoms with Gasteiger partial charge in [-0.25, -0.2) is 0 Å². The zero-order chi connectivity index (χ0) is 9.35. The van der Waals surface area contributed by atoms with E-state index in [1.165, 1.54) is 16.8 Å². The van der Waals surface area contributed by atoms with Crippen LogP contribution in [0.5, 0.6) is 0 Å². The van der Waals surface area contributed by atoms with Crippen molar-refractivity contribution in [1.29, 1.82) is 0 Å².